The highest BCUT2D eigenvalue weighted by molar-refractivity contribution is 5.93. The minimum atomic E-state index is -0.651. The van der Waals surface area contributed by atoms with Gasteiger partial charge in [-0.25, -0.2) is 9.59 Å². The molecule has 154 valence electrons. The summed E-state index contributed by atoms with van der Waals surface area (Å²) < 4.78 is 11.2. The molecule has 0 amide bonds. The maximum atomic E-state index is 12.6. The zero-order chi connectivity index (χ0) is 22.5. The second-order valence-electron chi connectivity index (χ2n) is 5.75. The van der Waals surface area contributed by atoms with Crippen LogP contribution < -0.4 is 0 Å². The summed E-state index contributed by atoms with van der Waals surface area (Å²) in [5.41, 5.74) is 1.56. The van der Waals surface area contributed by atoms with Crippen molar-refractivity contribution in [1.82, 2.24) is 0 Å². The van der Waals surface area contributed by atoms with E-state index in [1.54, 1.807) is 62.4 Å². The van der Waals surface area contributed by atoms with Gasteiger partial charge in [0.05, 0.1) is 16.7 Å². The number of hydrogen-bond acceptors (Lipinski definition) is 4. The van der Waals surface area contributed by atoms with Crippen molar-refractivity contribution in [3.63, 3.8) is 0 Å². The van der Waals surface area contributed by atoms with Crippen molar-refractivity contribution >= 4 is 11.9 Å². The van der Waals surface area contributed by atoms with Crippen molar-refractivity contribution in [3.8, 4) is 0 Å². The third kappa shape index (κ3) is 6.31. The van der Waals surface area contributed by atoms with Gasteiger partial charge in [0.25, 0.3) is 0 Å². The predicted molar refractivity (Wildman–Crippen MR) is 121 cm³/mol. The zero-order valence-electron chi connectivity index (χ0n) is 17.4. The molecular formula is C26H26O4. The summed E-state index contributed by atoms with van der Waals surface area (Å²) in [6.07, 6.45) is 10.6. The summed E-state index contributed by atoms with van der Waals surface area (Å²) in [4.78, 5) is 25.1. The first-order valence-corrected chi connectivity index (χ1v) is 9.24. The fourth-order valence-corrected chi connectivity index (χ4v) is 2.46. The van der Waals surface area contributed by atoms with Crippen LogP contribution in [0.2, 0.25) is 0 Å². The summed E-state index contributed by atoms with van der Waals surface area (Å²) >= 11 is 0. The molecule has 1 rings (SSSR count). The molecule has 1 aromatic rings. The van der Waals surface area contributed by atoms with Gasteiger partial charge in [0.2, 0.25) is 0 Å². The molecule has 0 unspecified atom stereocenters. The van der Waals surface area contributed by atoms with Gasteiger partial charge in [0, 0.05) is 0 Å². The van der Waals surface area contributed by atoms with E-state index in [4.69, 9.17) is 9.47 Å². The molecule has 0 heterocycles. The second-order valence-corrected chi connectivity index (χ2v) is 5.75. The Morgan fingerprint density at radius 3 is 1.93 bits per heavy atom. The Morgan fingerprint density at radius 2 is 1.47 bits per heavy atom. The lowest BCUT2D eigenvalue weighted by atomic mass is 10.0. The average Bonchev–Trinajstić information content (AvgIpc) is 2.78. The van der Waals surface area contributed by atoms with Gasteiger partial charge >= 0.3 is 11.9 Å². The molecule has 0 aliphatic carbocycles. The Hall–Kier alpha value is -3.92. The van der Waals surface area contributed by atoms with E-state index in [9.17, 15) is 9.59 Å². The van der Waals surface area contributed by atoms with E-state index >= 15 is 0 Å². The number of carbonyl (C=O) groups excluding carboxylic acids is 2. The van der Waals surface area contributed by atoms with Gasteiger partial charge in [-0.05, 0) is 49.8 Å². The number of esters is 2. The molecule has 0 N–H and O–H groups in total. The summed E-state index contributed by atoms with van der Waals surface area (Å²) in [6.45, 7) is 18.2. The molecule has 0 saturated carbocycles. The minimum absolute atomic E-state index is 0.110. The summed E-state index contributed by atoms with van der Waals surface area (Å²) in [5, 5.41) is 0. The van der Waals surface area contributed by atoms with Gasteiger partial charge in [-0.3, -0.25) is 0 Å². The fourth-order valence-electron chi connectivity index (χ4n) is 2.46. The number of rotatable bonds is 10. The van der Waals surface area contributed by atoms with E-state index in [1.165, 1.54) is 24.3 Å². The number of ether oxygens (including phenoxy) is 2. The van der Waals surface area contributed by atoms with Crippen LogP contribution in [0.3, 0.4) is 0 Å². The number of benzene rings is 1. The highest BCUT2D eigenvalue weighted by Gasteiger charge is 2.21. The van der Waals surface area contributed by atoms with Crippen LogP contribution in [0.4, 0.5) is 0 Å². The summed E-state index contributed by atoms with van der Waals surface area (Å²) in [5.74, 6) is -0.887. The van der Waals surface area contributed by atoms with E-state index in [1.807, 2.05) is 0 Å². The Balaban J connectivity index is 3.49. The van der Waals surface area contributed by atoms with Gasteiger partial charge in [-0.2, -0.15) is 0 Å². The summed E-state index contributed by atoms with van der Waals surface area (Å²) in [7, 11) is 0. The lowest BCUT2D eigenvalue weighted by Crippen LogP contribution is -2.12. The van der Waals surface area contributed by atoms with Gasteiger partial charge in [0.15, 0.2) is 0 Å². The molecule has 0 aromatic heterocycles. The van der Waals surface area contributed by atoms with Crippen molar-refractivity contribution in [2.45, 2.75) is 13.8 Å². The first-order chi connectivity index (χ1) is 14.5. The van der Waals surface area contributed by atoms with Crippen LogP contribution in [0.5, 0.6) is 0 Å². The van der Waals surface area contributed by atoms with Crippen LogP contribution in [0, 0.1) is 0 Å². The van der Waals surface area contributed by atoms with Crippen LogP contribution >= 0.6 is 0 Å². The Morgan fingerprint density at radius 1 is 0.833 bits per heavy atom. The first kappa shape index (κ1) is 24.1. The Labute approximate surface area is 178 Å². The molecule has 0 bridgehead atoms. The SMILES string of the molecule is C=C/C=C(\C=C)C(=O)O/C(C=C)=C(C(/C=C)=C\C)\C(=C/C)OC(=O)c1ccccc1. The predicted octanol–water partition coefficient (Wildman–Crippen LogP) is 6.16. The number of hydrogen-bond donors (Lipinski definition) is 0. The molecule has 0 radical (unpaired) electrons. The number of allylic oxidation sites excluding steroid dienone is 7. The van der Waals surface area contributed by atoms with Gasteiger partial charge in [-0.15, -0.1) is 0 Å². The van der Waals surface area contributed by atoms with E-state index in [0.29, 0.717) is 16.7 Å². The first-order valence-electron chi connectivity index (χ1n) is 9.24. The summed E-state index contributed by atoms with van der Waals surface area (Å²) in [6, 6.07) is 8.58. The van der Waals surface area contributed by atoms with Crippen molar-refractivity contribution in [2.75, 3.05) is 0 Å². The highest BCUT2D eigenvalue weighted by Crippen LogP contribution is 2.28. The molecule has 1 aromatic carbocycles. The van der Waals surface area contributed by atoms with Gasteiger partial charge in [-0.1, -0.05) is 68.8 Å². The van der Waals surface area contributed by atoms with Crippen LogP contribution in [0.15, 0.2) is 127 Å². The molecule has 0 saturated heterocycles. The zero-order valence-corrected chi connectivity index (χ0v) is 17.4. The molecule has 4 heteroatoms. The maximum absolute atomic E-state index is 12.6. The van der Waals surface area contributed by atoms with Gasteiger partial charge < -0.3 is 9.47 Å². The fraction of sp³-hybridized carbons (Fsp3) is 0.0769. The highest BCUT2D eigenvalue weighted by atomic mass is 16.5. The van der Waals surface area contributed by atoms with Crippen molar-refractivity contribution in [2.24, 2.45) is 0 Å². The third-order valence-electron chi connectivity index (χ3n) is 3.93. The minimum Gasteiger partial charge on any atom is -0.422 e. The lowest BCUT2D eigenvalue weighted by molar-refractivity contribution is -0.134. The maximum Gasteiger partial charge on any atom is 0.343 e. The van der Waals surface area contributed by atoms with E-state index in [-0.39, 0.29) is 17.1 Å². The van der Waals surface area contributed by atoms with Crippen molar-refractivity contribution < 1.29 is 19.1 Å². The monoisotopic (exact) mass is 402 g/mol. The topological polar surface area (TPSA) is 52.6 Å². The lowest BCUT2D eigenvalue weighted by Gasteiger charge is -2.17. The van der Waals surface area contributed by atoms with Crippen molar-refractivity contribution in [3.05, 3.63) is 133 Å². The molecule has 0 aliphatic heterocycles. The average molecular weight is 402 g/mol. The third-order valence-corrected chi connectivity index (χ3v) is 3.93. The van der Waals surface area contributed by atoms with Crippen LogP contribution in [-0.2, 0) is 14.3 Å². The molecule has 0 fully saturated rings. The largest absolute Gasteiger partial charge is 0.422 e. The van der Waals surface area contributed by atoms with Crippen LogP contribution in [0.25, 0.3) is 0 Å². The molecule has 0 spiro atoms. The quantitative estimate of drug-likeness (QED) is 0.203. The van der Waals surface area contributed by atoms with E-state index in [2.05, 4.69) is 26.3 Å². The van der Waals surface area contributed by atoms with Crippen molar-refractivity contribution in [1.29, 1.82) is 0 Å². The van der Waals surface area contributed by atoms with Crippen LogP contribution in [-0.4, -0.2) is 11.9 Å². The normalized spacial score (nSPS) is 12.9. The molecule has 0 aliphatic rings. The van der Waals surface area contributed by atoms with Crippen LogP contribution in [0.1, 0.15) is 24.2 Å². The Bertz CT molecular complexity index is 954. The Kier molecular flexibility index (Phi) is 10.1. The molecule has 0 atom stereocenters. The van der Waals surface area contributed by atoms with E-state index in [0.717, 1.165) is 0 Å². The smallest absolute Gasteiger partial charge is 0.343 e. The number of carbonyl (C=O) groups is 2. The molecule has 4 nitrogen and oxygen atoms in total. The van der Waals surface area contributed by atoms with E-state index < -0.39 is 11.9 Å². The molecule has 30 heavy (non-hydrogen) atoms. The van der Waals surface area contributed by atoms with Gasteiger partial charge in [0.1, 0.15) is 11.5 Å². The standard InChI is InChI=1S/C26H26O4/c1-7-16-20(10-4)25(27)29-22(11-5)24(19(8-2)9-3)23(12-6)30-26(28)21-17-14-13-15-18-21/h7-18H,1-2,4-5H2,3,6H3/b19-9-,20-16+,23-12+,24-22-. The second kappa shape index (κ2) is 12.5. The molecular weight excluding hydrogens is 376 g/mol.